The molecule has 4 rings (SSSR count). The lowest BCUT2D eigenvalue weighted by Crippen LogP contribution is -2.28. The van der Waals surface area contributed by atoms with E-state index in [0.29, 0.717) is 5.41 Å². The third kappa shape index (κ3) is 2.29. The van der Waals surface area contributed by atoms with Gasteiger partial charge in [-0.15, -0.1) is 10.2 Å². The van der Waals surface area contributed by atoms with Gasteiger partial charge in [0.1, 0.15) is 0 Å². The van der Waals surface area contributed by atoms with Gasteiger partial charge in [-0.25, -0.2) is 4.68 Å². The van der Waals surface area contributed by atoms with Gasteiger partial charge in [0.25, 0.3) is 0 Å². The van der Waals surface area contributed by atoms with Crippen LogP contribution in [0.25, 0.3) is 5.82 Å². The molecule has 0 amide bonds. The topological polar surface area (TPSA) is 56.1 Å². The van der Waals surface area contributed by atoms with Crippen molar-refractivity contribution in [2.45, 2.75) is 19.8 Å². The molecule has 2 saturated heterocycles. The normalized spacial score (nSPS) is 25.1. The molecule has 0 bridgehead atoms. The average Bonchev–Trinajstić information content (AvgIpc) is 3.23. The predicted octanol–water partition coefficient (Wildman–Crippen LogP) is 1.59. The van der Waals surface area contributed by atoms with Crippen LogP contribution in [0.3, 0.4) is 0 Å². The molecule has 1 spiro atoms. The van der Waals surface area contributed by atoms with Crippen molar-refractivity contribution in [1.29, 1.82) is 0 Å². The minimum atomic E-state index is 0.347. The van der Waals surface area contributed by atoms with Gasteiger partial charge >= 0.3 is 0 Å². The van der Waals surface area contributed by atoms with Gasteiger partial charge in [0.05, 0.1) is 12.3 Å². The molecule has 0 unspecified atom stereocenters. The molecule has 6 nitrogen and oxygen atoms in total. The molecule has 6 heteroatoms. The molecule has 2 aromatic rings. The molecule has 0 aliphatic carbocycles. The number of hydrogen-bond donors (Lipinski definition) is 0. The second-order valence-electron chi connectivity index (χ2n) is 6.13. The highest BCUT2D eigenvalue weighted by Gasteiger charge is 2.41. The quantitative estimate of drug-likeness (QED) is 0.838. The molecule has 110 valence electrons. The Morgan fingerprint density at radius 1 is 1.14 bits per heavy atom. The highest BCUT2D eigenvalue weighted by Crippen LogP contribution is 2.39. The molecule has 0 saturated carbocycles. The summed E-state index contributed by atoms with van der Waals surface area (Å²) in [4.78, 5) is 2.32. The highest BCUT2D eigenvalue weighted by molar-refractivity contribution is 5.41. The van der Waals surface area contributed by atoms with E-state index in [1.807, 2.05) is 31.3 Å². The summed E-state index contributed by atoms with van der Waals surface area (Å²) < 4.78 is 7.32. The summed E-state index contributed by atoms with van der Waals surface area (Å²) in [5.41, 5.74) is 1.32. The highest BCUT2D eigenvalue weighted by atomic mass is 16.5. The van der Waals surface area contributed by atoms with E-state index in [0.717, 1.165) is 43.6 Å². The van der Waals surface area contributed by atoms with Gasteiger partial charge in [-0.2, -0.15) is 5.10 Å². The molecular formula is C15H19N5O. The molecule has 2 fully saturated rings. The van der Waals surface area contributed by atoms with Gasteiger partial charge in [0.15, 0.2) is 11.6 Å². The van der Waals surface area contributed by atoms with E-state index >= 15 is 0 Å². The predicted molar refractivity (Wildman–Crippen MR) is 78.6 cm³/mol. The molecule has 21 heavy (non-hydrogen) atoms. The number of anilines is 1. The number of hydrogen-bond acceptors (Lipinski definition) is 5. The minimum absolute atomic E-state index is 0.347. The van der Waals surface area contributed by atoms with Crippen molar-refractivity contribution in [2.24, 2.45) is 5.41 Å². The molecule has 2 aliphatic rings. The van der Waals surface area contributed by atoms with Crippen molar-refractivity contribution < 1.29 is 4.74 Å². The van der Waals surface area contributed by atoms with Crippen LogP contribution < -0.4 is 4.90 Å². The fourth-order valence-electron chi connectivity index (χ4n) is 3.25. The van der Waals surface area contributed by atoms with Gasteiger partial charge in [0, 0.05) is 31.3 Å². The maximum atomic E-state index is 5.57. The first-order valence-corrected chi connectivity index (χ1v) is 7.43. The summed E-state index contributed by atoms with van der Waals surface area (Å²) >= 11 is 0. The molecule has 0 N–H and O–H groups in total. The summed E-state index contributed by atoms with van der Waals surface area (Å²) in [7, 11) is 0. The maximum absolute atomic E-state index is 5.57. The lowest BCUT2D eigenvalue weighted by Gasteiger charge is -2.22. The van der Waals surface area contributed by atoms with Crippen LogP contribution in [-0.2, 0) is 4.74 Å². The van der Waals surface area contributed by atoms with Crippen LogP contribution in [-0.4, -0.2) is 46.3 Å². The lowest BCUT2D eigenvalue weighted by atomic mass is 9.87. The molecule has 0 radical (unpaired) electrons. The standard InChI is InChI=1S/C15H19N5O/c1-12-4-7-20(18-12)14-3-2-13(16-17-14)19-8-5-15(10-19)6-9-21-11-15/h2-4,7H,5-6,8-11H2,1H3/t15-/m1/s1. The largest absolute Gasteiger partial charge is 0.381 e. The number of aryl methyl sites for hydroxylation is 1. The summed E-state index contributed by atoms with van der Waals surface area (Å²) in [6.45, 7) is 5.82. The molecular weight excluding hydrogens is 266 g/mol. The Morgan fingerprint density at radius 3 is 2.67 bits per heavy atom. The van der Waals surface area contributed by atoms with E-state index in [-0.39, 0.29) is 0 Å². The van der Waals surface area contributed by atoms with Crippen LogP contribution in [0.2, 0.25) is 0 Å². The van der Waals surface area contributed by atoms with Crippen molar-refractivity contribution in [1.82, 2.24) is 20.0 Å². The zero-order valence-corrected chi connectivity index (χ0v) is 12.2. The molecule has 2 aliphatic heterocycles. The van der Waals surface area contributed by atoms with Crippen LogP contribution >= 0.6 is 0 Å². The number of ether oxygens (including phenoxy) is 1. The van der Waals surface area contributed by atoms with E-state index in [1.54, 1.807) is 4.68 Å². The molecule has 2 aromatic heterocycles. The van der Waals surface area contributed by atoms with E-state index in [2.05, 4.69) is 20.2 Å². The SMILES string of the molecule is Cc1ccn(-c2ccc(N3CC[C@@]4(CCOC4)C3)nn2)n1. The Kier molecular flexibility index (Phi) is 2.92. The summed E-state index contributed by atoms with van der Waals surface area (Å²) in [5, 5.41) is 13.0. The molecule has 1 atom stereocenters. The van der Waals surface area contributed by atoms with Crippen molar-refractivity contribution in [3.63, 3.8) is 0 Å². The zero-order valence-electron chi connectivity index (χ0n) is 12.2. The van der Waals surface area contributed by atoms with Crippen LogP contribution in [0.15, 0.2) is 24.4 Å². The van der Waals surface area contributed by atoms with E-state index in [9.17, 15) is 0 Å². The van der Waals surface area contributed by atoms with Gasteiger partial charge in [-0.05, 0) is 38.0 Å². The third-order valence-electron chi connectivity index (χ3n) is 4.54. The fourth-order valence-corrected chi connectivity index (χ4v) is 3.25. The van der Waals surface area contributed by atoms with Crippen LogP contribution in [0, 0.1) is 12.3 Å². The Morgan fingerprint density at radius 2 is 2.00 bits per heavy atom. The zero-order chi connectivity index (χ0) is 14.3. The summed E-state index contributed by atoms with van der Waals surface area (Å²) in [5.74, 6) is 1.70. The number of aromatic nitrogens is 4. The first-order chi connectivity index (χ1) is 10.2. The Labute approximate surface area is 123 Å². The van der Waals surface area contributed by atoms with Crippen LogP contribution in [0.5, 0.6) is 0 Å². The Hall–Kier alpha value is -1.95. The van der Waals surface area contributed by atoms with E-state index in [4.69, 9.17) is 4.74 Å². The second-order valence-corrected chi connectivity index (χ2v) is 6.13. The van der Waals surface area contributed by atoms with Crippen molar-refractivity contribution in [3.05, 3.63) is 30.1 Å². The monoisotopic (exact) mass is 285 g/mol. The minimum Gasteiger partial charge on any atom is -0.381 e. The van der Waals surface area contributed by atoms with Crippen molar-refractivity contribution in [3.8, 4) is 5.82 Å². The molecule has 4 heterocycles. The van der Waals surface area contributed by atoms with Gasteiger partial charge in [-0.1, -0.05) is 0 Å². The third-order valence-corrected chi connectivity index (χ3v) is 4.54. The van der Waals surface area contributed by atoms with Gasteiger partial charge in [-0.3, -0.25) is 0 Å². The summed E-state index contributed by atoms with van der Waals surface area (Å²) in [6, 6.07) is 5.97. The van der Waals surface area contributed by atoms with Crippen LogP contribution in [0.4, 0.5) is 5.82 Å². The maximum Gasteiger partial charge on any atom is 0.175 e. The van der Waals surface area contributed by atoms with Crippen LogP contribution in [0.1, 0.15) is 18.5 Å². The van der Waals surface area contributed by atoms with Gasteiger partial charge < -0.3 is 9.64 Å². The summed E-state index contributed by atoms with van der Waals surface area (Å²) in [6.07, 6.45) is 4.26. The van der Waals surface area contributed by atoms with Crippen molar-refractivity contribution >= 4 is 5.82 Å². The number of nitrogens with zero attached hydrogens (tertiary/aromatic N) is 5. The number of rotatable bonds is 2. The first kappa shape index (κ1) is 12.8. The average molecular weight is 285 g/mol. The Balaban J connectivity index is 1.52. The van der Waals surface area contributed by atoms with Crippen molar-refractivity contribution in [2.75, 3.05) is 31.2 Å². The fraction of sp³-hybridized carbons (Fsp3) is 0.533. The smallest absolute Gasteiger partial charge is 0.175 e. The molecule has 0 aromatic carbocycles. The second kappa shape index (κ2) is 4.80. The van der Waals surface area contributed by atoms with Gasteiger partial charge in [0.2, 0.25) is 0 Å². The van der Waals surface area contributed by atoms with E-state index < -0.39 is 0 Å². The lowest BCUT2D eigenvalue weighted by molar-refractivity contribution is 0.160. The Bertz CT molecular complexity index is 630. The first-order valence-electron chi connectivity index (χ1n) is 7.43. The van der Waals surface area contributed by atoms with E-state index in [1.165, 1.54) is 12.8 Å².